The van der Waals surface area contributed by atoms with Crippen LogP contribution in [0.1, 0.15) is 43.0 Å². The SMILES string of the molecule is CNc1ccc(C(=O)OCC(=O)N[C@@H]2CCCC[C@@H]2C)cc1[N+](=O)[O-]. The van der Waals surface area contributed by atoms with Gasteiger partial charge in [-0.05, 0) is 30.9 Å². The van der Waals surface area contributed by atoms with Crippen LogP contribution in [0, 0.1) is 16.0 Å². The molecule has 2 atom stereocenters. The number of carbonyl (C=O) groups is 2. The Balaban J connectivity index is 1.92. The number of esters is 1. The van der Waals surface area contributed by atoms with E-state index in [1.807, 2.05) is 0 Å². The zero-order valence-electron chi connectivity index (χ0n) is 14.4. The number of nitrogens with one attached hydrogen (secondary N) is 2. The molecule has 2 rings (SSSR count). The van der Waals surface area contributed by atoms with E-state index in [4.69, 9.17) is 4.74 Å². The van der Waals surface area contributed by atoms with Gasteiger partial charge in [0, 0.05) is 19.2 Å². The van der Waals surface area contributed by atoms with Crippen LogP contribution in [0.4, 0.5) is 11.4 Å². The number of rotatable bonds is 6. The van der Waals surface area contributed by atoms with Gasteiger partial charge in [0.15, 0.2) is 6.61 Å². The van der Waals surface area contributed by atoms with Crippen molar-refractivity contribution in [3.05, 3.63) is 33.9 Å². The Kier molecular flexibility index (Phi) is 6.32. The quantitative estimate of drug-likeness (QED) is 0.464. The number of ether oxygens (including phenoxy) is 1. The van der Waals surface area contributed by atoms with Crippen molar-refractivity contribution in [1.82, 2.24) is 5.32 Å². The molecule has 0 bridgehead atoms. The molecule has 8 nitrogen and oxygen atoms in total. The Labute approximate surface area is 146 Å². The van der Waals surface area contributed by atoms with Gasteiger partial charge in [0.1, 0.15) is 5.69 Å². The number of benzene rings is 1. The molecule has 25 heavy (non-hydrogen) atoms. The van der Waals surface area contributed by atoms with Crippen LogP contribution in [0.25, 0.3) is 0 Å². The molecule has 136 valence electrons. The molecule has 0 aliphatic heterocycles. The second kappa shape index (κ2) is 8.46. The summed E-state index contributed by atoms with van der Waals surface area (Å²) in [6.45, 7) is 1.70. The van der Waals surface area contributed by atoms with Crippen molar-refractivity contribution >= 4 is 23.3 Å². The molecule has 0 unspecified atom stereocenters. The molecule has 1 aliphatic carbocycles. The minimum absolute atomic E-state index is 0.0320. The zero-order chi connectivity index (χ0) is 18.4. The van der Waals surface area contributed by atoms with E-state index < -0.39 is 17.5 Å². The normalized spacial score (nSPS) is 19.8. The molecule has 0 heterocycles. The lowest BCUT2D eigenvalue weighted by Crippen LogP contribution is -2.42. The summed E-state index contributed by atoms with van der Waals surface area (Å²) in [4.78, 5) is 34.4. The molecule has 8 heteroatoms. The Bertz CT molecular complexity index is 662. The number of hydrogen-bond donors (Lipinski definition) is 2. The summed E-state index contributed by atoms with van der Waals surface area (Å²) in [6.07, 6.45) is 4.26. The largest absolute Gasteiger partial charge is 0.452 e. The predicted octanol–water partition coefficient (Wildman–Crippen LogP) is 2.49. The van der Waals surface area contributed by atoms with Crippen molar-refractivity contribution in [3.8, 4) is 0 Å². The highest BCUT2D eigenvalue weighted by Crippen LogP contribution is 2.25. The minimum atomic E-state index is -0.766. The maximum atomic E-state index is 12.0. The van der Waals surface area contributed by atoms with Gasteiger partial charge in [0.05, 0.1) is 10.5 Å². The van der Waals surface area contributed by atoms with E-state index in [9.17, 15) is 19.7 Å². The first-order valence-corrected chi connectivity index (χ1v) is 8.35. The molecule has 1 aromatic carbocycles. The van der Waals surface area contributed by atoms with Gasteiger partial charge < -0.3 is 15.4 Å². The zero-order valence-corrected chi connectivity index (χ0v) is 14.4. The summed E-state index contributed by atoms with van der Waals surface area (Å²) in [5.74, 6) is -0.712. The molecular weight excluding hydrogens is 326 g/mol. The van der Waals surface area contributed by atoms with Crippen molar-refractivity contribution in [3.63, 3.8) is 0 Å². The Morgan fingerprint density at radius 1 is 1.32 bits per heavy atom. The summed E-state index contributed by atoms with van der Waals surface area (Å²) in [7, 11) is 1.55. The van der Waals surface area contributed by atoms with Crippen molar-refractivity contribution in [1.29, 1.82) is 0 Å². The maximum absolute atomic E-state index is 12.0. The van der Waals surface area contributed by atoms with Gasteiger partial charge >= 0.3 is 5.97 Å². The summed E-state index contributed by atoms with van der Waals surface area (Å²) in [6, 6.07) is 4.09. The van der Waals surface area contributed by atoms with Crippen molar-refractivity contribution in [2.24, 2.45) is 5.92 Å². The second-order valence-corrected chi connectivity index (χ2v) is 6.25. The number of hydrogen-bond acceptors (Lipinski definition) is 6. The fourth-order valence-electron chi connectivity index (χ4n) is 3.01. The highest BCUT2D eigenvalue weighted by atomic mass is 16.6. The van der Waals surface area contributed by atoms with Gasteiger partial charge in [-0.1, -0.05) is 19.8 Å². The van der Waals surface area contributed by atoms with Gasteiger partial charge in [-0.25, -0.2) is 4.79 Å². The van der Waals surface area contributed by atoms with Crippen molar-refractivity contribution in [2.45, 2.75) is 38.6 Å². The molecule has 2 N–H and O–H groups in total. The smallest absolute Gasteiger partial charge is 0.338 e. The Morgan fingerprint density at radius 2 is 2.04 bits per heavy atom. The van der Waals surface area contributed by atoms with Crippen LogP contribution >= 0.6 is 0 Å². The third kappa shape index (κ3) is 4.91. The van der Waals surface area contributed by atoms with E-state index >= 15 is 0 Å². The number of amides is 1. The van der Waals surface area contributed by atoms with Crippen LogP contribution in [0.3, 0.4) is 0 Å². The van der Waals surface area contributed by atoms with E-state index in [0.717, 1.165) is 25.3 Å². The third-order valence-electron chi connectivity index (χ3n) is 4.49. The van der Waals surface area contributed by atoms with Gasteiger partial charge in [-0.15, -0.1) is 0 Å². The van der Waals surface area contributed by atoms with Crippen molar-refractivity contribution in [2.75, 3.05) is 19.0 Å². The Morgan fingerprint density at radius 3 is 2.68 bits per heavy atom. The van der Waals surface area contributed by atoms with Crippen LogP contribution in [0.2, 0.25) is 0 Å². The van der Waals surface area contributed by atoms with Crippen LogP contribution in [-0.2, 0) is 9.53 Å². The van der Waals surface area contributed by atoms with Gasteiger partial charge in [-0.3, -0.25) is 14.9 Å². The molecule has 1 saturated carbocycles. The molecule has 0 aromatic heterocycles. The van der Waals surface area contributed by atoms with Crippen LogP contribution < -0.4 is 10.6 Å². The average Bonchev–Trinajstić information content (AvgIpc) is 2.61. The first-order valence-electron chi connectivity index (χ1n) is 8.35. The summed E-state index contributed by atoms with van der Waals surface area (Å²) >= 11 is 0. The lowest BCUT2D eigenvalue weighted by Gasteiger charge is -2.29. The second-order valence-electron chi connectivity index (χ2n) is 6.25. The fraction of sp³-hybridized carbons (Fsp3) is 0.529. The number of anilines is 1. The minimum Gasteiger partial charge on any atom is -0.452 e. The summed E-state index contributed by atoms with van der Waals surface area (Å²) in [5.41, 5.74) is 0.104. The first-order chi connectivity index (χ1) is 11.9. The Hall–Kier alpha value is -2.64. The molecule has 0 spiro atoms. The summed E-state index contributed by atoms with van der Waals surface area (Å²) < 4.78 is 4.98. The van der Waals surface area contributed by atoms with E-state index in [-0.39, 0.29) is 23.2 Å². The standard InChI is InChI=1S/C17H23N3O5/c1-11-5-3-4-6-13(11)19-16(21)10-25-17(22)12-7-8-14(18-2)15(9-12)20(23)24/h7-9,11,13,18H,3-6,10H2,1-2H3,(H,19,21)/t11-,13+/m0/s1. The third-order valence-corrected chi connectivity index (χ3v) is 4.49. The topological polar surface area (TPSA) is 111 Å². The lowest BCUT2D eigenvalue weighted by atomic mass is 9.86. The monoisotopic (exact) mass is 349 g/mol. The summed E-state index contributed by atoms with van der Waals surface area (Å²) in [5, 5.41) is 16.6. The van der Waals surface area contributed by atoms with E-state index in [0.29, 0.717) is 11.6 Å². The van der Waals surface area contributed by atoms with Crippen LogP contribution in [-0.4, -0.2) is 36.5 Å². The first kappa shape index (κ1) is 18.7. The predicted molar refractivity (Wildman–Crippen MR) is 92.5 cm³/mol. The van der Waals surface area contributed by atoms with E-state index in [1.54, 1.807) is 7.05 Å². The van der Waals surface area contributed by atoms with Crippen molar-refractivity contribution < 1.29 is 19.2 Å². The highest BCUT2D eigenvalue weighted by molar-refractivity contribution is 5.93. The number of carbonyl (C=O) groups excluding carboxylic acids is 2. The van der Waals surface area contributed by atoms with E-state index in [2.05, 4.69) is 17.6 Å². The molecule has 1 aromatic rings. The van der Waals surface area contributed by atoms with Gasteiger partial charge in [-0.2, -0.15) is 0 Å². The van der Waals surface area contributed by atoms with Gasteiger partial charge in [0.25, 0.3) is 11.6 Å². The number of nitro groups is 1. The number of nitro benzene ring substituents is 1. The molecule has 1 amide bonds. The lowest BCUT2D eigenvalue weighted by molar-refractivity contribution is -0.384. The maximum Gasteiger partial charge on any atom is 0.338 e. The molecule has 0 saturated heterocycles. The average molecular weight is 349 g/mol. The molecule has 1 fully saturated rings. The molecule has 0 radical (unpaired) electrons. The number of nitrogens with zero attached hydrogens (tertiary/aromatic N) is 1. The molecule has 1 aliphatic rings. The van der Waals surface area contributed by atoms with Crippen LogP contribution in [0.15, 0.2) is 18.2 Å². The van der Waals surface area contributed by atoms with Gasteiger partial charge in [0.2, 0.25) is 0 Å². The highest BCUT2D eigenvalue weighted by Gasteiger charge is 2.23. The van der Waals surface area contributed by atoms with Crippen LogP contribution in [0.5, 0.6) is 0 Å². The fourth-order valence-corrected chi connectivity index (χ4v) is 3.01. The van der Waals surface area contributed by atoms with E-state index in [1.165, 1.54) is 18.6 Å². The molecular formula is C17H23N3O5.